The summed E-state index contributed by atoms with van der Waals surface area (Å²) in [5.74, 6) is 1.10. The highest BCUT2D eigenvalue weighted by Gasteiger charge is 2.04. The highest BCUT2D eigenvalue weighted by Crippen LogP contribution is 2.08. The highest BCUT2D eigenvalue weighted by atomic mass is 32.1. The molecular weight excluding hydrogens is 244 g/mol. The number of hydrogen-bond acceptors (Lipinski definition) is 3. The number of imidazole rings is 1. The Bertz CT molecular complexity index is 547. The summed E-state index contributed by atoms with van der Waals surface area (Å²) >= 11 is 4.93. The minimum absolute atomic E-state index is 0.330. The molecule has 0 radical (unpaired) electrons. The Balaban J connectivity index is 2.20. The van der Waals surface area contributed by atoms with E-state index in [9.17, 15) is 0 Å². The minimum atomic E-state index is 0.330. The maximum absolute atomic E-state index is 5.58. The van der Waals surface area contributed by atoms with Gasteiger partial charge in [0.1, 0.15) is 10.8 Å². The first kappa shape index (κ1) is 12.7. The Morgan fingerprint density at radius 1 is 1.39 bits per heavy atom. The molecule has 0 spiro atoms. The molecule has 2 heterocycles. The molecule has 0 aliphatic rings. The van der Waals surface area contributed by atoms with Gasteiger partial charge < -0.3 is 10.3 Å². The second-order valence-electron chi connectivity index (χ2n) is 4.13. The Kier molecular flexibility index (Phi) is 4.04. The third kappa shape index (κ3) is 2.92. The van der Waals surface area contributed by atoms with Crippen LogP contribution in [-0.2, 0) is 13.0 Å². The smallest absolute Gasteiger partial charge is 0.122 e. The summed E-state index contributed by atoms with van der Waals surface area (Å²) in [6.45, 7) is 2.92. The average Bonchev–Trinajstić information content (AvgIpc) is 2.77. The topological polar surface area (TPSA) is 56.7 Å². The lowest BCUT2D eigenvalue weighted by atomic mass is 10.2. The molecule has 4 nitrogen and oxygen atoms in total. The van der Waals surface area contributed by atoms with Gasteiger partial charge in [0.15, 0.2) is 0 Å². The predicted octanol–water partition coefficient (Wildman–Crippen LogP) is 1.91. The van der Waals surface area contributed by atoms with Gasteiger partial charge in [0.05, 0.1) is 5.69 Å². The molecule has 0 aromatic carbocycles. The summed E-state index contributed by atoms with van der Waals surface area (Å²) in [6, 6.07) is 3.90. The summed E-state index contributed by atoms with van der Waals surface area (Å²) in [5.41, 5.74) is 7.38. The average molecular weight is 260 g/mol. The fourth-order valence-corrected chi connectivity index (χ4v) is 1.95. The Labute approximate surface area is 112 Å². The van der Waals surface area contributed by atoms with E-state index in [0.29, 0.717) is 10.7 Å². The van der Waals surface area contributed by atoms with E-state index < -0.39 is 0 Å². The molecule has 2 rings (SSSR count). The van der Waals surface area contributed by atoms with Crippen molar-refractivity contribution in [2.45, 2.75) is 26.3 Å². The van der Waals surface area contributed by atoms with Crippen LogP contribution in [0.15, 0.2) is 30.7 Å². The lowest BCUT2D eigenvalue weighted by Crippen LogP contribution is -2.12. The van der Waals surface area contributed by atoms with E-state index in [1.807, 2.05) is 24.5 Å². The molecule has 94 valence electrons. The van der Waals surface area contributed by atoms with Crippen molar-refractivity contribution in [3.05, 3.63) is 47.8 Å². The van der Waals surface area contributed by atoms with E-state index in [-0.39, 0.29) is 0 Å². The van der Waals surface area contributed by atoms with Crippen LogP contribution in [-0.4, -0.2) is 19.5 Å². The van der Waals surface area contributed by atoms with Crippen molar-refractivity contribution in [2.75, 3.05) is 0 Å². The minimum Gasteiger partial charge on any atom is -0.388 e. The van der Waals surface area contributed by atoms with Gasteiger partial charge in [-0.25, -0.2) is 4.98 Å². The molecule has 0 aliphatic carbocycles. The largest absolute Gasteiger partial charge is 0.388 e. The standard InChI is InChI=1S/C13H16N4S/c1-2-3-12-16-6-7-17(12)9-10-4-5-15-11(8-10)13(14)18/h4-8H,2-3,9H2,1H3,(H2,14,18). The maximum Gasteiger partial charge on any atom is 0.122 e. The Hall–Kier alpha value is -1.75. The number of pyridine rings is 1. The van der Waals surface area contributed by atoms with Gasteiger partial charge in [0.2, 0.25) is 0 Å². The molecule has 2 aromatic heterocycles. The first-order chi connectivity index (χ1) is 8.70. The van der Waals surface area contributed by atoms with Crippen molar-refractivity contribution in [2.24, 2.45) is 5.73 Å². The third-order valence-electron chi connectivity index (χ3n) is 2.71. The van der Waals surface area contributed by atoms with E-state index in [1.54, 1.807) is 6.20 Å². The Morgan fingerprint density at radius 2 is 2.22 bits per heavy atom. The van der Waals surface area contributed by atoms with E-state index >= 15 is 0 Å². The van der Waals surface area contributed by atoms with Crippen molar-refractivity contribution in [1.29, 1.82) is 0 Å². The molecule has 0 fully saturated rings. The molecule has 2 N–H and O–H groups in total. The van der Waals surface area contributed by atoms with Crippen LogP contribution in [0, 0.1) is 0 Å². The number of rotatable bonds is 5. The van der Waals surface area contributed by atoms with Gasteiger partial charge in [-0.3, -0.25) is 4.98 Å². The van der Waals surface area contributed by atoms with Gasteiger partial charge in [0, 0.05) is 31.6 Å². The van der Waals surface area contributed by atoms with Crippen LogP contribution >= 0.6 is 12.2 Å². The molecule has 5 heteroatoms. The summed E-state index contributed by atoms with van der Waals surface area (Å²) in [7, 11) is 0. The molecule has 0 aliphatic heterocycles. The molecular formula is C13H16N4S. The number of nitrogens with two attached hydrogens (primary N) is 1. The first-order valence-electron chi connectivity index (χ1n) is 5.95. The van der Waals surface area contributed by atoms with Crippen LogP contribution in [0.2, 0.25) is 0 Å². The normalized spacial score (nSPS) is 10.5. The predicted molar refractivity (Wildman–Crippen MR) is 75.4 cm³/mol. The molecule has 0 bridgehead atoms. The highest BCUT2D eigenvalue weighted by molar-refractivity contribution is 7.80. The van der Waals surface area contributed by atoms with Crippen LogP contribution in [0.4, 0.5) is 0 Å². The van der Waals surface area contributed by atoms with E-state index in [1.165, 1.54) is 0 Å². The first-order valence-corrected chi connectivity index (χ1v) is 6.36. The monoisotopic (exact) mass is 260 g/mol. The van der Waals surface area contributed by atoms with Crippen molar-refractivity contribution in [3.63, 3.8) is 0 Å². The zero-order chi connectivity index (χ0) is 13.0. The fourth-order valence-electron chi connectivity index (χ4n) is 1.84. The van der Waals surface area contributed by atoms with Crippen LogP contribution in [0.3, 0.4) is 0 Å². The van der Waals surface area contributed by atoms with Gasteiger partial charge >= 0.3 is 0 Å². The van der Waals surface area contributed by atoms with Gasteiger partial charge in [-0.2, -0.15) is 0 Å². The molecule has 18 heavy (non-hydrogen) atoms. The van der Waals surface area contributed by atoms with Crippen molar-refractivity contribution >= 4 is 17.2 Å². The maximum atomic E-state index is 5.58. The van der Waals surface area contributed by atoms with Gasteiger partial charge in [-0.05, 0) is 24.1 Å². The van der Waals surface area contributed by atoms with Crippen LogP contribution in [0.25, 0.3) is 0 Å². The van der Waals surface area contributed by atoms with Crippen molar-refractivity contribution in [3.8, 4) is 0 Å². The number of hydrogen-bond donors (Lipinski definition) is 1. The van der Waals surface area contributed by atoms with Crippen LogP contribution < -0.4 is 5.73 Å². The summed E-state index contributed by atoms with van der Waals surface area (Å²) in [5, 5.41) is 0. The molecule has 0 saturated heterocycles. The van der Waals surface area contributed by atoms with Crippen molar-refractivity contribution < 1.29 is 0 Å². The van der Waals surface area contributed by atoms with Gasteiger partial charge in [0.25, 0.3) is 0 Å². The lowest BCUT2D eigenvalue weighted by molar-refractivity contribution is 0.704. The van der Waals surface area contributed by atoms with E-state index in [4.69, 9.17) is 18.0 Å². The molecule has 2 aromatic rings. The summed E-state index contributed by atoms with van der Waals surface area (Å²) < 4.78 is 2.14. The summed E-state index contributed by atoms with van der Waals surface area (Å²) in [4.78, 5) is 8.82. The SMILES string of the molecule is CCCc1nccn1Cc1ccnc(C(N)=S)c1. The second kappa shape index (κ2) is 5.73. The fraction of sp³-hybridized carbons (Fsp3) is 0.308. The summed E-state index contributed by atoms with van der Waals surface area (Å²) in [6.07, 6.45) is 7.64. The molecule has 0 saturated carbocycles. The van der Waals surface area contributed by atoms with Crippen molar-refractivity contribution in [1.82, 2.24) is 14.5 Å². The number of thiocarbonyl (C=S) groups is 1. The third-order valence-corrected chi connectivity index (χ3v) is 2.91. The van der Waals surface area contributed by atoms with E-state index in [0.717, 1.165) is 30.8 Å². The Morgan fingerprint density at radius 3 is 2.94 bits per heavy atom. The quantitative estimate of drug-likeness (QED) is 0.834. The molecule has 0 amide bonds. The lowest BCUT2D eigenvalue weighted by Gasteiger charge is -2.08. The van der Waals surface area contributed by atoms with E-state index in [2.05, 4.69) is 21.5 Å². The number of aromatic nitrogens is 3. The zero-order valence-electron chi connectivity index (χ0n) is 10.3. The van der Waals surface area contributed by atoms with Crippen LogP contribution in [0.1, 0.15) is 30.4 Å². The number of nitrogens with zero attached hydrogens (tertiary/aromatic N) is 3. The molecule has 0 unspecified atom stereocenters. The second-order valence-corrected chi connectivity index (χ2v) is 4.57. The number of aryl methyl sites for hydroxylation is 1. The van der Waals surface area contributed by atoms with Crippen LogP contribution in [0.5, 0.6) is 0 Å². The van der Waals surface area contributed by atoms with Gasteiger partial charge in [-0.15, -0.1) is 0 Å². The van der Waals surface area contributed by atoms with Gasteiger partial charge in [-0.1, -0.05) is 19.1 Å². The molecule has 0 atom stereocenters. The zero-order valence-corrected chi connectivity index (χ0v) is 11.2.